The second kappa shape index (κ2) is 6.72. The Kier molecular flexibility index (Phi) is 5.21. The summed E-state index contributed by atoms with van der Waals surface area (Å²) in [5, 5.41) is 9.77. The molecule has 1 amide bonds. The van der Waals surface area contributed by atoms with Gasteiger partial charge in [-0.25, -0.2) is 0 Å². The molecule has 0 bridgehead atoms. The quantitative estimate of drug-likeness (QED) is 0.864. The van der Waals surface area contributed by atoms with Gasteiger partial charge in [0.2, 0.25) is 5.91 Å². The summed E-state index contributed by atoms with van der Waals surface area (Å²) in [6.07, 6.45) is 3.55. The van der Waals surface area contributed by atoms with Crippen LogP contribution in [0.15, 0.2) is 18.2 Å². The first-order valence-electron chi connectivity index (χ1n) is 6.52. The fourth-order valence-corrected chi connectivity index (χ4v) is 3.39. The molecule has 0 aromatic carbocycles. The number of aliphatic hydroxyl groups excluding tert-OH is 1. The standard InChI is InChI=1S/C14H19ClN2O2S/c1-16(2)8-10-7-11(18)9-17(10)14(19)6-4-12-3-5-13(15)20-12/h3-6,10-11,18H,7-9H2,1-2H3. The minimum Gasteiger partial charge on any atom is -0.391 e. The smallest absolute Gasteiger partial charge is 0.246 e. The molecule has 4 nitrogen and oxygen atoms in total. The lowest BCUT2D eigenvalue weighted by molar-refractivity contribution is -0.127. The van der Waals surface area contributed by atoms with Crippen molar-refractivity contribution in [3.8, 4) is 0 Å². The van der Waals surface area contributed by atoms with Crippen molar-refractivity contribution < 1.29 is 9.90 Å². The number of aliphatic hydroxyl groups is 1. The predicted octanol–water partition coefficient (Wildman–Crippen LogP) is 1.94. The van der Waals surface area contributed by atoms with Gasteiger partial charge in [-0.05, 0) is 38.7 Å². The van der Waals surface area contributed by atoms with Crippen LogP contribution in [-0.2, 0) is 4.79 Å². The molecule has 2 heterocycles. The molecule has 1 saturated heterocycles. The van der Waals surface area contributed by atoms with Crippen molar-refractivity contribution in [2.45, 2.75) is 18.6 Å². The summed E-state index contributed by atoms with van der Waals surface area (Å²) >= 11 is 7.29. The second-order valence-electron chi connectivity index (χ2n) is 5.27. The van der Waals surface area contributed by atoms with E-state index in [0.717, 1.165) is 11.4 Å². The van der Waals surface area contributed by atoms with Crippen LogP contribution in [0, 0.1) is 0 Å². The number of hydrogen-bond acceptors (Lipinski definition) is 4. The highest BCUT2D eigenvalue weighted by molar-refractivity contribution is 7.17. The molecular formula is C14H19ClN2O2S. The van der Waals surface area contributed by atoms with E-state index in [4.69, 9.17) is 11.6 Å². The average Bonchev–Trinajstić information content (AvgIpc) is 2.92. The van der Waals surface area contributed by atoms with Crippen LogP contribution in [0.2, 0.25) is 4.34 Å². The summed E-state index contributed by atoms with van der Waals surface area (Å²) in [6.45, 7) is 1.17. The molecule has 6 heteroatoms. The first-order chi connectivity index (χ1) is 9.45. The number of halogens is 1. The molecule has 20 heavy (non-hydrogen) atoms. The van der Waals surface area contributed by atoms with E-state index < -0.39 is 6.10 Å². The molecule has 0 aliphatic carbocycles. The van der Waals surface area contributed by atoms with Crippen LogP contribution in [-0.4, -0.2) is 60.1 Å². The number of amides is 1. The molecule has 1 aliphatic rings. The molecule has 0 radical (unpaired) electrons. The molecule has 2 atom stereocenters. The van der Waals surface area contributed by atoms with Gasteiger partial charge in [-0.15, -0.1) is 11.3 Å². The maximum atomic E-state index is 12.2. The van der Waals surface area contributed by atoms with Crippen LogP contribution < -0.4 is 0 Å². The van der Waals surface area contributed by atoms with Gasteiger partial charge in [-0.3, -0.25) is 4.79 Å². The lowest BCUT2D eigenvalue weighted by Crippen LogP contribution is -2.40. The number of hydrogen-bond donors (Lipinski definition) is 1. The fraction of sp³-hybridized carbons (Fsp3) is 0.500. The Hall–Kier alpha value is -0.880. The summed E-state index contributed by atoms with van der Waals surface area (Å²) in [5.74, 6) is -0.0575. The molecule has 0 saturated carbocycles. The zero-order valence-corrected chi connectivity index (χ0v) is 13.2. The van der Waals surface area contributed by atoms with Gasteiger partial charge in [0.15, 0.2) is 0 Å². The zero-order chi connectivity index (χ0) is 14.7. The van der Waals surface area contributed by atoms with Gasteiger partial charge in [0, 0.05) is 30.1 Å². The van der Waals surface area contributed by atoms with Crippen molar-refractivity contribution in [1.82, 2.24) is 9.80 Å². The highest BCUT2D eigenvalue weighted by Gasteiger charge is 2.33. The predicted molar refractivity (Wildman–Crippen MR) is 83.0 cm³/mol. The Bertz CT molecular complexity index is 501. The Morgan fingerprint density at radius 2 is 2.35 bits per heavy atom. The minimum atomic E-state index is -0.423. The van der Waals surface area contributed by atoms with E-state index >= 15 is 0 Å². The SMILES string of the molecule is CN(C)CC1CC(O)CN1C(=O)C=Cc1ccc(Cl)s1. The number of rotatable bonds is 4. The Labute approximate surface area is 128 Å². The molecule has 2 rings (SSSR count). The van der Waals surface area contributed by atoms with Crippen molar-refractivity contribution in [2.75, 3.05) is 27.2 Å². The molecule has 1 aliphatic heterocycles. The zero-order valence-electron chi connectivity index (χ0n) is 11.6. The van der Waals surface area contributed by atoms with Crippen LogP contribution in [0.5, 0.6) is 0 Å². The summed E-state index contributed by atoms with van der Waals surface area (Å²) < 4.78 is 0.708. The van der Waals surface area contributed by atoms with E-state index in [9.17, 15) is 9.90 Å². The maximum absolute atomic E-state index is 12.2. The molecule has 1 N–H and O–H groups in total. The lowest BCUT2D eigenvalue weighted by Gasteiger charge is -2.25. The highest BCUT2D eigenvalue weighted by atomic mass is 35.5. The van der Waals surface area contributed by atoms with Crippen molar-refractivity contribution in [3.63, 3.8) is 0 Å². The molecule has 110 valence electrons. The van der Waals surface area contributed by atoms with Crippen LogP contribution >= 0.6 is 22.9 Å². The summed E-state index contributed by atoms with van der Waals surface area (Å²) in [7, 11) is 3.94. The van der Waals surface area contributed by atoms with Crippen LogP contribution in [0.1, 0.15) is 11.3 Å². The number of thiophene rings is 1. The molecule has 1 aromatic rings. The molecule has 0 spiro atoms. The van der Waals surface area contributed by atoms with Crippen LogP contribution in [0.3, 0.4) is 0 Å². The van der Waals surface area contributed by atoms with Gasteiger partial charge >= 0.3 is 0 Å². The van der Waals surface area contributed by atoms with Crippen molar-refractivity contribution in [2.24, 2.45) is 0 Å². The summed E-state index contributed by atoms with van der Waals surface area (Å²) in [4.78, 5) is 17.0. The topological polar surface area (TPSA) is 43.8 Å². The van der Waals surface area contributed by atoms with Crippen molar-refractivity contribution in [1.29, 1.82) is 0 Å². The van der Waals surface area contributed by atoms with Gasteiger partial charge in [0.1, 0.15) is 0 Å². The largest absolute Gasteiger partial charge is 0.391 e. The molecule has 2 unspecified atom stereocenters. The minimum absolute atomic E-state index is 0.0575. The van der Waals surface area contributed by atoms with Crippen LogP contribution in [0.25, 0.3) is 6.08 Å². The third kappa shape index (κ3) is 4.06. The van der Waals surface area contributed by atoms with Gasteiger partial charge in [0.05, 0.1) is 10.4 Å². The molecule has 1 aromatic heterocycles. The third-order valence-electron chi connectivity index (χ3n) is 3.24. The van der Waals surface area contributed by atoms with E-state index in [1.54, 1.807) is 17.1 Å². The Balaban J connectivity index is 2.01. The van der Waals surface area contributed by atoms with E-state index in [-0.39, 0.29) is 11.9 Å². The lowest BCUT2D eigenvalue weighted by atomic mass is 10.2. The first kappa shape index (κ1) is 15.5. The molecule has 1 fully saturated rings. The number of likely N-dealkylation sites (N-methyl/N-ethyl adjacent to an activating group) is 1. The number of carbonyl (C=O) groups excluding carboxylic acids is 1. The van der Waals surface area contributed by atoms with Crippen molar-refractivity contribution >= 4 is 34.9 Å². The van der Waals surface area contributed by atoms with E-state index in [1.165, 1.54) is 11.3 Å². The normalized spacial score (nSPS) is 23.1. The molecular weight excluding hydrogens is 296 g/mol. The van der Waals surface area contributed by atoms with Gasteiger partial charge in [-0.1, -0.05) is 11.6 Å². The van der Waals surface area contributed by atoms with Crippen LogP contribution in [0.4, 0.5) is 0 Å². The number of likely N-dealkylation sites (tertiary alicyclic amines) is 1. The summed E-state index contributed by atoms with van der Waals surface area (Å²) in [6, 6.07) is 3.77. The number of β-amino-alcohol motifs (C(OH)–C–C–N with tert-alkyl or cyclic N) is 1. The Morgan fingerprint density at radius 1 is 1.60 bits per heavy atom. The van der Waals surface area contributed by atoms with Gasteiger partial charge in [-0.2, -0.15) is 0 Å². The van der Waals surface area contributed by atoms with E-state index in [2.05, 4.69) is 0 Å². The van der Waals surface area contributed by atoms with E-state index in [1.807, 2.05) is 31.1 Å². The number of carbonyl (C=O) groups is 1. The van der Waals surface area contributed by atoms with Gasteiger partial charge < -0.3 is 14.9 Å². The maximum Gasteiger partial charge on any atom is 0.246 e. The average molecular weight is 315 g/mol. The monoisotopic (exact) mass is 314 g/mol. The van der Waals surface area contributed by atoms with Crippen molar-refractivity contribution in [3.05, 3.63) is 27.4 Å². The Morgan fingerprint density at radius 3 is 2.95 bits per heavy atom. The third-order valence-corrected chi connectivity index (χ3v) is 4.43. The first-order valence-corrected chi connectivity index (χ1v) is 7.72. The number of nitrogens with zero attached hydrogens (tertiary/aromatic N) is 2. The summed E-state index contributed by atoms with van der Waals surface area (Å²) in [5.41, 5.74) is 0. The second-order valence-corrected chi connectivity index (χ2v) is 7.02. The van der Waals surface area contributed by atoms with Gasteiger partial charge in [0.25, 0.3) is 0 Å². The fourth-order valence-electron chi connectivity index (χ4n) is 2.42. The highest BCUT2D eigenvalue weighted by Crippen LogP contribution is 2.23. The van der Waals surface area contributed by atoms with E-state index in [0.29, 0.717) is 17.3 Å².